The summed E-state index contributed by atoms with van der Waals surface area (Å²) in [6.45, 7) is 7.97. The van der Waals surface area contributed by atoms with Gasteiger partial charge in [0.15, 0.2) is 0 Å². The molecule has 0 heterocycles. The van der Waals surface area contributed by atoms with Gasteiger partial charge >= 0.3 is 5.97 Å². The number of carbonyl (C=O) groups excluding carboxylic acids is 3. The lowest BCUT2D eigenvalue weighted by Gasteiger charge is -2.27. The fraction of sp³-hybridized carbons (Fsp3) is 0.765. The molecule has 10 nitrogen and oxygen atoms in total. The lowest BCUT2D eigenvalue weighted by molar-refractivity contribution is -0.143. The molecule has 7 N–H and O–H groups in total. The number of nitrogens with two attached hydrogens (primary N) is 1. The molecule has 0 fully saturated rings. The van der Waals surface area contributed by atoms with Crippen LogP contribution in [0.1, 0.15) is 41.0 Å². The first kappa shape index (κ1) is 24.8. The number of rotatable bonds is 11. The van der Waals surface area contributed by atoms with E-state index in [0.29, 0.717) is 0 Å². The number of aliphatic carboxylic acids is 1. The van der Waals surface area contributed by atoms with Gasteiger partial charge in [0, 0.05) is 0 Å². The quantitative estimate of drug-likeness (QED) is 0.252. The third kappa shape index (κ3) is 8.83. The van der Waals surface area contributed by atoms with Gasteiger partial charge in [0.2, 0.25) is 17.7 Å². The second kappa shape index (κ2) is 11.5. The van der Waals surface area contributed by atoms with Crippen LogP contribution in [0, 0.1) is 11.8 Å². The van der Waals surface area contributed by atoms with Crippen LogP contribution in [0.2, 0.25) is 0 Å². The van der Waals surface area contributed by atoms with Crippen LogP contribution in [0.5, 0.6) is 0 Å². The van der Waals surface area contributed by atoms with E-state index in [1.807, 2.05) is 13.8 Å². The number of aliphatic hydroxyl groups excluding tert-OH is 1. The van der Waals surface area contributed by atoms with E-state index in [9.17, 15) is 29.4 Å². The molecular formula is C17H32N4O6. The van der Waals surface area contributed by atoms with Gasteiger partial charge in [-0.2, -0.15) is 0 Å². The van der Waals surface area contributed by atoms with E-state index in [4.69, 9.17) is 5.73 Å². The van der Waals surface area contributed by atoms with E-state index in [2.05, 4.69) is 16.0 Å². The van der Waals surface area contributed by atoms with Crippen LogP contribution in [0.15, 0.2) is 0 Å². The maximum Gasteiger partial charge on any atom is 0.326 e. The number of aliphatic hydroxyl groups is 1. The zero-order chi connectivity index (χ0) is 21.3. The lowest BCUT2D eigenvalue weighted by atomic mass is 9.99. The molecule has 4 unspecified atom stereocenters. The zero-order valence-corrected chi connectivity index (χ0v) is 16.5. The monoisotopic (exact) mass is 388 g/mol. The summed E-state index contributed by atoms with van der Waals surface area (Å²) in [6, 6.07) is -3.41. The Labute approximate surface area is 159 Å². The molecule has 4 atom stereocenters. The molecule has 3 amide bonds. The molecule has 0 bridgehead atoms. The number of nitrogens with one attached hydrogen (secondary N) is 3. The molecule has 0 spiro atoms. The Balaban J connectivity index is 5.24. The molecule has 10 heteroatoms. The minimum absolute atomic E-state index is 0.0459. The highest BCUT2D eigenvalue weighted by molar-refractivity contribution is 5.94. The first-order chi connectivity index (χ1) is 12.4. The lowest BCUT2D eigenvalue weighted by Crippen LogP contribution is -2.60. The van der Waals surface area contributed by atoms with Crippen LogP contribution in [-0.2, 0) is 19.2 Å². The van der Waals surface area contributed by atoms with Gasteiger partial charge < -0.3 is 31.9 Å². The Morgan fingerprint density at radius 3 is 1.78 bits per heavy atom. The minimum atomic E-state index is -1.29. The van der Waals surface area contributed by atoms with Crippen molar-refractivity contribution in [3.05, 3.63) is 0 Å². The smallest absolute Gasteiger partial charge is 0.326 e. The maximum absolute atomic E-state index is 12.5. The highest BCUT2D eigenvalue weighted by Gasteiger charge is 2.32. The third-order valence-corrected chi connectivity index (χ3v) is 3.84. The summed E-state index contributed by atoms with van der Waals surface area (Å²) in [5.41, 5.74) is 5.20. The van der Waals surface area contributed by atoms with Crippen molar-refractivity contribution in [3.63, 3.8) is 0 Å². The van der Waals surface area contributed by atoms with Crippen molar-refractivity contribution in [1.82, 2.24) is 16.0 Å². The summed E-state index contributed by atoms with van der Waals surface area (Å²) in [6.07, 6.45) is -0.980. The van der Waals surface area contributed by atoms with Gasteiger partial charge in [0.25, 0.3) is 0 Å². The van der Waals surface area contributed by atoms with E-state index in [-0.39, 0.29) is 24.8 Å². The van der Waals surface area contributed by atoms with Crippen LogP contribution in [0.25, 0.3) is 0 Å². The summed E-state index contributed by atoms with van der Waals surface area (Å²) in [5.74, 6) is -3.53. The molecular weight excluding hydrogens is 356 g/mol. The van der Waals surface area contributed by atoms with Crippen molar-refractivity contribution in [2.45, 2.75) is 65.3 Å². The second-order valence-electron chi connectivity index (χ2n) is 7.25. The van der Waals surface area contributed by atoms with Gasteiger partial charge in [-0.25, -0.2) is 4.79 Å². The number of amides is 3. The topological polar surface area (TPSA) is 171 Å². The van der Waals surface area contributed by atoms with Crippen molar-refractivity contribution in [1.29, 1.82) is 0 Å². The van der Waals surface area contributed by atoms with E-state index in [0.717, 1.165) is 0 Å². The van der Waals surface area contributed by atoms with Gasteiger partial charge in [-0.15, -0.1) is 0 Å². The van der Waals surface area contributed by atoms with Gasteiger partial charge in [0.05, 0.1) is 12.6 Å². The third-order valence-electron chi connectivity index (χ3n) is 3.84. The fourth-order valence-corrected chi connectivity index (χ4v) is 2.37. The minimum Gasteiger partial charge on any atom is -0.480 e. The average Bonchev–Trinajstić information content (AvgIpc) is 2.54. The number of hydrogen-bond acceptors (Lipinski definition) is 6. The van der Waals surface area contributed by atoms with Crippen LogP contribution in [0.4, 0.5) is 0 Å². The summed E-state index contributed by atoms with van der Waals surface area (Å²) in [7, 11) is 0. The highest BCUT2D eigenvalue weighted by atomic mass is 16.4. The van der Waals surface area contributed by atoms with Crippen molar-refractivity contribution >= 4 is 23.7 Å². The molecule has 0 aromatic carbocycles. The molecule has 27 heavy (non-hydrogen) atoms. The summed E-state index contributed by atoms with van der Waals surface area (Å²) in [5, 5.41) is 26.2. The predicted octanol–water partition coefficient (Wildman–Crippen LogP) is -1.43. The molecule has 0 radical (unpaired) electrons. The van der Waals surface area contributed by atoms with Crippen LogP contribution in [0.3, 0.4) is 0 Å². The second-order valence-corrected chi connectivity index (χ2v) is 7.25. The molecule has 0 aliphatic carbocycles. The zero-order valence-electron chi connectivity index (χ0n) is 16.5. The van der Waals surface area contributed by atoms with Crippen molar-refractivity contribution in [2.24, 2.45) is 17.6 Å². The van der Waals surface area contributed by atoms with Crippen LogP contribution >= 0.6 is 0 Å². The largest absolute Gasteiger partial charge is 0.480 e. The van der Waals surface area contributed by atoms with Crippen molar-refractivity contribution in [2.75, 3.05) is 6.54 Å². The normalized spacial score (nSPS) is 15.6. The Kier molecular flexibility index (Phi) is 10.6. The highest BCUT2D eigenvalue weighted by Crippen LogP contribution is 2.08. The molecule has 0 saturated carbocycles. The van der Waals surface area contributed by atoms with Gasteiger partial charge in [-0.3, -0.25) is 14.4 Å². The van der Waals surface area contributed by atoms with Gasteiger partial charge in [0.1, 0.15) is 18.1 Å². The standard InChI is InChI=1S/C17H32N4O6/c1-8(2)6-11(17(26)27)19-15(24)13(9(3)4)21-16(25)14(10(5)22)20-12(23)7-18/h8-11,13-14,22H,6-7,18H2,1-5H3,(H,19,24)(H,20,23)(H,21,25)(H,26,27). The molecule has 0 rings (SSSR count). The van der Waals surface area contributed by atoms with Gasteiger partial charge in [-0.05, 0) is 25.2 Å². The Morgan fingerprint density at radius 2 is 1.41 bits per heavy atom. The van der Waals surface area contributed by atoms with Crippen LogP contribution in [-0.4, -0.2) is 64.7 Å². The Bertz CT molecular complexity index is 536. The number of hydrogen-bond donors (Lipinski definition) is 6. The van der Waals surface area contributed by atoms with Crippen LogP contribution < -0.4 is 21.7 Å². The fourth-order valence-electron chi connectivity index (χ4n) is 2.37. The summed E-state index contributed by atoms with van der Waals surface area (Å²) < 4.78 is 0. The van der Waals surface area contributed by atoms with E-state index < -0.39 is 47.9 Å². The van der Waals surface area contributed by atoms with E-state index in [1.54, 1.807) is 13.8 Å². The molecule has 0 aliphatic heterocycles. The first-order valence-corrected chi connectivity index (χ1v) is 8.91. The molecule has 0 aromatic rings. The molecule has 0 saturated heterocycles. The molecule has 0 aromatic heterocycles. The number of carbonyl (C=O) groups is 4. The first-order valence-electron chi connectivity index (χ1n) is 8.91. The summed E-state index contributed by atoms with van der Waals surface area (Å²) in [4.78, 5) is 47.7. The summed E-state index contributed by atoms with van der Waals surface area (Å²) >= 11 is 0. The Hall–Kier alpha value is -2.20. The maximum atomic E-state index is 12.5. The average molecular weight is 388 g/mol. The number of carboxylic acids is 1. The van der Waals surface area contributed by atoms with Crippen molar-refractivity contribution in [3.8, 4) is 0 Å². The van der Waals surface area contributed by atoms with E-state index in [1.165, 1.54) is 6.92 Å². The molecule has 156 valence electrons. The van der Waals surface area contributed by atoms with Gasteiger partial charge in [-0.1, -0.05) is 27.7 Å². The number of carboxylic acid groups (broad SMARTS) is 1. The predicted molar refractivity (Wildman–Crippen MR) is 98.5 cm³/mol. The van der Waals surface area contributed by atoms with Crippen molar-refractivity contribution < 1.29 is 29.4 Å². The molecule has 0 aliphatic rings. The SMILES string of the molecule is CC(C)CC(NC(=O)C(NC(=O)C(NC(=O)CN)C(C)O)C(C)C)C(=O)O. The van der Waals surface area contributed by atoms with E-state index >= 15 is 0 Å². The Morgan fingerprint density at radius 1 is 0.889 bits per heavy atom.